The van der Waals surface area contributed by atoms with E-state index in [1.165, 1.54) is 16.8 Å². The first-order chi connectivity index (χ1) is 14.1. The lowest BCUT2D eigenvalue weighted by atomic mass is 10.2. The van der Waals surface area contributed by atoms with Crippen LogP contribution in [0.3, 0.4) is 0 Å². The molecule has 0 atom stereocenters. The highest BCUT2D eigenvalue weighted by Gasteiger charge is 2.15. The van der Waals surface area contributed by atoms with Gasteiger partial charge in [-0.1, -0.05) is 30.3 Å². The minimum Gasteiger partial charge on any atom is -0.497 e. The largest absolute Gasteiger partial charge is 0.497 e. The summed E-state index contributed by atoms with van der Waals surface area (Å²) in [6, 6.07) is 19.6. The number of nitrogens with zero attached hydrogens (tertiary/aromatic N) is 3. The molecule has 29 heavy (non-hydrogen) atoms. The summed E-state index contributed by atoms with van der Waals surface area (Å²) >= 11 is 0. The first-order valence-electron chi connectivity index (χ1n) is 9.21. The zero-order valence-electron chi connectivity index (χ0n) is 16.4. The van der Waals surface area contributed by atoms with Gasteiger partial charge in [0, 0.05) is 19.7 Å². The summed E-state index contributed by atoms with van der Waals surface area (Å²) in [7, 11) is 3.29. The number of aromatic nitrogens is 2. The third-order valence-electron chi connectivity index (χ3n) is 4.30. The highest BCUT2D eigenvalue weighted by Crippen LogP contribution is 2.14. The van der Waals surface area contributed by atoms with Crippen molar-refractivity contribution in [1.82, 2.24) is 14.7 Å². The van der Waals surface area contributed by atoms with Gasteiger partial charge < -0.3 is 14.4 Å². The molecule has 3 aromatic rings. The van der Waals surface area contributed by atoms with Crippen LogP contribution < -0.4 is 15.0 Å². The minimum absolute atomic E-state index is 0.203. The second-order valence-corrected chi connectivity index (χ2v) is 6.45. The fourth-order valence-corrected chi connectivity index (χ4v) is 2.80. The summed E-state index contributed by atoms with van der Waals surface area (Å²) in [5, 5.41) is 4.21. The highest BCUT2D eigenvalue weighted by atomic mass is 16.5. The molecule has 0 aliphatic heterocycles. The van der Waals surface area contributed by atoms with Gasteiger partial charge in [0.2, 0.25) is 0 Å². The van der Waals surface area contributed by atoms with Crippen molar-refractivity contribution in [1.29, 1.82) is 0 Å². The molecule has 0 fully saturated rings. The molecule has 0 saturated carbocycles. The van der Waals surface area contributed by atoms with Gasteiger partial charge in [0.05, 0.1) is 13.7 Å². The lowest BCUT2D eigenvalue weighted by Crippen LogP contribution is -2.31. The van der Waals surface area contributed by atoms with E-state index in [9.17, 15) is 9.59 Å². The lowest BCUT2D eigenvalue weighted by Gasteiger charge is -2.17. The number of amides is 1. The Balaban J connectivity index is 1.65. The van der Waals surface area contributed by atoms with Gasteiger partial charge in [-0.25, -0.2) is 4.68 Å². The SMILES string of the molecule is COc1cccc(CN(C)C(=O)c2ccc(=O)n(CCOc3ccccc3)n2)c1. The van der Waals surface area contributed by atoms with Gasteiger partial charge in [-0.2, -0.15) is 5.10 Å². The molecule has 1 heterocycles. The first-order valence-corrected chi connectivity index (χ1v) is 9.21. The molecule has 1 aromatic heterocycles. The molecule has 0 aliphatic carbocycles. The summed E-state index contributed by atoms with van der Waals surface area (Å²) in [5.74, 6) is 1.17. The van der Waals surface area contributed by atoms with Crippen LogP contribution in [-0.2, 0) is 13.1 Å². The molecule has 0 spiro atoms. The van der Waals surface area contributed by atoms with E-state index in [4.69, 9.17) is 9.47 Å². The zero-order valence-corrected chi connectivity index (χ0v) is 16.4. The number of ether oxygens (including phenoxy) is 2. The van der Waals surface area contributed by atoms with E-state index in [-0.39, 0.29) is 30.3 Å². The zero-order chi connectivity index (χ0) is 20.6. The Kier molecular flexibility index (Phi) is 6.63. The number of carbonyl (C=O) groups is 1. The maximum Gasteiger partial charge on any atom is 0.274 e. The van der Waals surface area contributed by atoms with E-state index in [1.807, 2.05) is 54.6 Å². The third-order valence-corrected chi connectivity index (χ3v) is 4.30. The number of carbonyl (C=O) groups excluding carboxylic acids is 1. The van der Waals surface area contributed by atoms with Gasteiger partial charge in [0.15, 0.2) is 0 Å². The third kappa shape index (κ3) is 5.44. The van der Waals surface area contributed by atoms with Crippen molar-refractivity contribution < 1.29 is 14.3 Å². The molecule has 0 unspecified atom stereocenters. The summed E-state index contributed by atoms with van der Waals surface area (Å²) in [5.41, 5.74) is 0.855. The van der Waals surface area contributed by atoms with Gasteiger partial charge in [-0.15, -0.1) is 0 Å². The molecule has 1 amide bonds. The average molecular weight is 393 g/mol. The lowest BCUT2D eigenvalue weighted by molar-refractivity contribution is 0.0775. The Morgan fingerprint density at radius 2 is 1.79 bits per heavy atom. The van der Waals surface area contributed by atoms with E-state index >= 15 is 0 Å². The molecule has 0 N–H and O–H groups in total. The molecule has 2 aromatic carbocycles. The van der Waals surface area contributed by atoms with Crippen molar-refractivity contribution in [2.45, 2.75) is 13.1 Å². The average Bonchev–Trinajstić information content (AvgIpc) is 2.75. The topological polar surface area (TPSA) is 73.7 Å². The Morgan fingerprint density at radius 3 is 2.55 bits per heavy atom. The standard InChI is InChI=1S/C22H23N3O4/c1-24(16-17-7-6-10-19(15-17)28-2)22(27)20-11-12-21(26)25(23-20)13-14-29-18-8-4-3-5-9-18/h3-12,15H,13-14,16H2,1-2H3. The van der Waals surface area contributed by atoms with E-state index in [2.05, 4.69) is 5.10 Å². The molecule has 7 nitrogen and oxygen atoms in total. The molecule has 150 valence electrons. The summed E-state index contributed by atoms with van der Waals surface area (Å²) in [6.07, 6.45) is 0. The minimum atomic E-state index is -0.284. The predicted molar refractivity (Wildman–Crippen MR) is 109 cm³/mol. The molecule has 0 bridgehead atoms. The van der Waals surface area contributed by atoms with Crippen molar-refractivity contribution >= 4 is 5.91 Å². The second-order valence-electron chi connectivity index (χ2n) is 6.45. The number of para-hydroxylation sites is 1. The van der Waals surface area contributed by atoms with Gasteiger partial charge in [-0.3, -0.25) is 9.59 Å². The van der Waals surface area contributed by atoms with Crippen LogP contribution in [-0.4, -0.2) is 41.4 Å². The van der Waals surface area contributed by atoms with Gasteiger partial charge >= 0.3 is 0 Å². The molecular weight excluding hydrogens is 370 g/mol. The Hall–Kier alpha value is -3.61. The maximum atomic E-state index is 12.7. The Morgan fingerprint density at radius 1 is 1.03 bits per heavy atom. The second kappa shape index (κ2) is 9.54. The highest BCUT2D eigenvalue weighted by molar-refractivity contribution is 5.91. The molecule has 0 saturated heterocycles. The van der Waals surface area contributed by atoms with Crippen LogP contribution in [0.4, 0.5) is 0 Å². The number of hydrogen-bond donors (Lipinski definition) is 0. The Bertz CT molecular complexity index is 1020. The van der Waals surface area contributed by atoms with E-state index in [0.29, 0.717) is 12.3 Å². The summed E-state index contributed by atoms with van der Waals surface area (Å²) in [6.45, 7) is 0.913. The number of benzene rings is 2. The maximum absolute atomic E-state index is 12.7. The van der Waals surface area contributed by atoms with E-state index in [1.54, 1.807) is 19.1 Å². The van der Waals surface area contributed by atoms with Gasteiger partial charge in [-0.05, 0) is 35.9 Å². The van der Waals surface area contributed by atoms with Crippen LogP contribution in [0.25, 0.3) is 0 Å². The molecular formula is C22H23N3O4. The van der Waals surface area contributed by atoms with Crippen LogP contribution in [0.2, 0.25) is 0 Å². The monoisotopic (exact) mass is 393 g/mol. The smallest absolute Gasteiger partial charge is 0.274 e. The Labute approximate surface area is 169 Å². The van der Waals surface area contributed by atoms with Crippen LogP contribution in [0.5, 0.6) is 11.5 Å². The first kappa shape index (κ1) is 20.1. The van der Waals surface area contributed by atoms with Crippen molar-refractivity contribution in [3.05, 3.63) is 88.3 Å². The van der Waals surface area contributed by atoms with Crippen LogP contribution in [0.15, 0.2) is 71.5 Å². The van der Waals surface area contributed by atoms with E-state index < -0.39 is 0 Å². The molecule has 7 heteroatoms. The fourth-order valence-electron chi connectivity index (χ4n) is 2.80. The van der Waals surface area contributed by atoms with Gasteiger partial charge in [0.1, 0.15) is 23.8 Å². The van der Waals surface area contributed by atoms with Crippen LogP contribution in [0, 0.1) is 0 Å². The van der Waals surface area contributed by atoms with Crippen molar-refractivity contribution in [2.24, 2.45) is 0 Å². The number of rotatable bonds is 8. The fraction of sp³-hybridized carbons (Fsp3) is 0.227. The van der Waals surface area contributed by atoms with Crippen LogP contribution >= 0.6 is 0 Å². The number of hydrogen-bond acceptors (Lipinski definition) is 5. The normalized spacial score (nSPS) is 10.4. The van der Waals surface area contributed by atoms with Crippen molar-refractivity contribution in [2.75, 3.05) is 20.8 Å². The van der Waals surface area contributed by atoms with Gasteiger partial charge in [0.25, 0.3) is 11.5 Å². The molecule has 0 radical (unpaired) electrons. The molecule has 3 rings (SSSR count). The number of methoxy groups -OCH3 is 1. The predicted octanol–water partition coefficient (Wildman–Crippen LogP) is 2.60. The van der Waals surface area contributed by atoms with E-state index in [0.717, 1.165) is 11.3 Å². The van der Waals surface area contributed by atoms with Crippen molar-refractivity contribution in [3.63, 3.8) is 0 Å². The summed E-state index contributed by atoms with van der Waals surface area (Å²) in [4.78, 5) is 26.4. The summed E-state index contributed by atoms with van der Waals surface area (Å²) < 4.78 is 12.1. The molecule has 0 aliphatic rings. The van der Waals surface area contributed by atoms with Crippen LogP contribution in [0.1, 0.15) is 16.1 Å². The van der Waals surface area contributed by atoms with Crippen molar-refractivity contribution in [3.8, 4) is 11.5 Å². The quantitative estimate of drug-likeness (QED) is 0.588.